The Kier molecular flexibility index (Phi) is 5.86. The van der Waals surface area contributed by atoms with Crippen LogP contribution in [0.4, 0.5) is 21.7 Å². The van der Waals surface area contributed by atoms with Gasteiger partial charge in [-0.1, -0.05) is 6.92 Å². The van der Waals surface area contributed by atoms with Crippen LogP contribution in [0.5, 0.6) is 0 Å². The average Bonchev–Trinajstić information content (AvgIpc) is 3.36. The second kappa shape index (κ2) is 8.58. The molecule has 0 aliphatic carbocycles. The molecule has 0 unspecified atom stereocenters. The molecule has 182 valence electrons. The molecule has 3 aliphatic rings. The highest BCUT2D eigenvalue weighted by Gasteiger charge is 2.47. The van der Waals surface area contributed by atoms with E-state index in [1.54, 1.807) is 0 Å². The second-order valence-corrected chi connectivity index (χ2v) is 9.76. The Balaban J connectivity index is 0.00000241. The molecule has 3 aromatic rings. The Hall–Kier alpha value is -2.56. The van der Waals surface area contributed by atoms with Crippen LogP contribution in [0.15, 0.2) is 18.5 Å². The molecule has 6 heterocycles. The first kappa shape index (κ1) is 23.2. The van der Waals surface area contributed by atoms with E-state index in [-0.39, 0.29) is 41.7 Å². The minimum atomic E-state index is -0.356. The zero-order valence-electron chi connectivity index (χ0n) is 19.4. The van der Waals surface area contributed by atoms with E-state index in [0.29, 0.717) is 17.0 Å². The number of pyridine rings is 1. The normalized spacial score (nSPS) is 26.1. The molecule has 0 amide bonds. The van der Waals surface area contributed by atoms with Gasteiger partial charge in [0.2, 0.25) is 0 Å². The molecule has 1 spiro atoms. The fourth-order valence-corrected chi connectivity index (χ4v) is 5.61. The summed E-state index contributed by atoms with van der Waals surface area (Å²) in [5, 5.41) is 7.55. The number of rotatable bonds is 2. The van der Waals surface area contributed by atoms with Crippen molar-refractivity contribution in [2.75, 3.05) is 36.0 Å². The number of H-pyrrole nitrogens is 1. The third-order valence-electron chi connectivity index (χ3n) is 7.83. The number of piperidine rings is 1. The van der Waals surface area contributed by atoms with E-state index in [0.717, 1.165) is 62.7 Å². The molecule has 34 heavy (non-hydrogen) atoms. The van der Waals surface area contributed by atoms with Crippen molar-refractivity contribution in [3.05, 3.63) is 30.0 Å². The van der Waals surface area contributed by atoms with Gasteiger partial charge in [0.15, 0.2) is 17.0 Å². The lowest BCUT2D eigenvalue weighted by Gasteiger charge is -2.41. The summed E-state index contributed by atoms with van der Waals surface area (Å²) in [7, 11) is 0. The zero-order chi connectivity index (χ0) is 22.7. The highest BCUT2D eigenvalue weighted by Crippen LogP contribution is 2.42. The summed E-state index contributed by atoms with van der Waals surface area (Å²) < 4.78 is 19.8. The van der Waals surface area contributed by atoms with Crippen LogP contribution in [0, 0.1) is 11.2 Å². The number of nitrogens with one attached hydrogen (secondary N) is 1. The summed E-state index contributed by atoms with van der Waals surface area (Å²) in [4.78, 5) is 18.1. The second-order valence-electron chi connectivity index (χ2n) is 9.76. The molecular formula is C23H30ClFN8O. The number of aromatic amines is 1. The van der Waals surface area contributed by atoms with Gasteiger partial charge in [0.1, 0.15) is 11.6 Å². The Bertz CT molecular complexity index is 1200. The maximum atomic E-state index is 14.0. The first-order chi connectivity index (χ1) is 15.9. The molecule has 0 bridgehead atoms. The lowest BCUT2D eigenvalue weighted by Crippen LogP contribution is -2.50. The van der Waals surface area contributed by atoms with E-state index in [1.165, 1.54) is 12.3 Å². The molecule has 0 radical (unpaired) electrons. The molecular weight excluding hydrogens is 459 g/mol. The Morgan fingerprint density at radius 1 is 1.18 bits per heavy atom. The molecule has 2 saturated heterocycles. The summed E-state index contributed by atoms with van der Waals surface area (Å²) in [6.45, 7) is 7.37. The van der Waals surface area contributed by atoms with Crippen LogP contribution >= 0.6 is 12.4 Å². The predicted molar refractivity (Wildman–Crippen MR) is 130 cm³/mol. The minimum Gasteiger partial charge on any atom is -0.376 e. The molecule has 3 N–H and O–H groups in total. The predicted octanol–water partition coefficient (Wildman–Crippen LogP) is 3.29. The van der Waals surface area contributed by atoms with Crippen molar-refractivity contribution in [1.82, 2.24) is 25.1 Å². The highest BCUT2D eigenvalue weighted by molar-refractivity contribution is 5.87. The number of hydrogen-bond acceptors (Lipinski definition) is 8. The summed E-state index contributed by atoms with van der Waals surface area (Å²) in [5.74, 6) is 1.40. The van der Waals surface area contributed by atoms with Crippen molar-refractivity contribution in [3.63, 3.8) is 0 Å². The van der Waals surface area contributed by atoms with E-state index in [2.05, 4.69) is 33.9 Å². The SMILES string of the molecule is C[C@@H]1CCN(c2n[nH]c3nc(N4CCC5(CC4)CO[C@@H](C)[C@H]5N)cnc23)c2cc(F)cnc21.Cl. The lowest BCUT2D eigenvalue weighted by atomic mass is 9.73. The molecule has 3 atom stereocenters. The summed E-state index contributed by atoms with van der Waals surface area (Å²) in [5.41, 5.74) is 9.46. The smallest absolute Gasteiger partial charge is 0.183 e. The van der Waals surface area contributed by atoms with Gasteiger partial charge >= 0.3 is 0 Å². The van der Waals surface area contributed by atoms with Gasteiger partial charge in [0.05, 0.1) is 36.5 Å². The molecule has 11 heteroatoms. The van der Waals surface area contributed by atoms with Gasteiger partial charge in [0, 0.05) is 43.1 Å². The van der Waals surface area contributed by atoms with Gasteiger partial charge in [-0.05, 0) is 26.2 Å². The van der Waals surface area contributed by atoms with Crippen LogP contribution in [0.3, 0.4) is 0 Å². The van der Waals surface area contributed by atoms with E-state index in [4.69, 9.17) is 20.4 Å². The van der Waals surface area contributed by atoms with Crippen molar-refractivity contribution < 1.29 is 9.13 Å². The van der Waals surface area contributed by atoms with E-state index in [1.807, 2.05) is 11.1 Å². The molecule has 9 nitrogen and oxygen atoms in total. The average molecular weight is 489 g/mol. The van der Waals surface area contributed by atoms with E-state index >= 15 is 0 Å². The monoisotopic (exact) mass is 488 g/mol. The summed E-state index contributed by atoms with van der Waals surface area (Å²) in [6.07, 6.45) is 6.07. The first-order valence-electron chi connectivity index (χ1n) is 11.7. The van der Waals surface area contributed by atoms with Crippen LogP contribution in [-0.4, -0.2) is 63.5 Å². The van der Waals surface area contributed by atoms with Gasteiger partial charge in [-0.25, -0.2) is 14.4 Å². The number of nitrogens with two attached hydrogens (primary N) is 1. The molecule has 3 aromatic heterocycles. The lowest BCUT2D eigenvalue weighted by molar-refractivity contribution is 0.0974. The van der Waals surface area contributed by atoms with Crippen LogP contribution in [0.1, 0.15) is 44.7 Å². The Labute approximate surface area is 203 Å². The van der Waals surface area contributed by atoms with Gasteiger partial charge in [-0.2, -0.15) is 5.10 Å². The van der Waals surface area contributed by atoms with Crippen LogP contribution in [-0.2, 0) is 4.74 Å². The van der Waals surface area contributed by atoms with E-state index < -0.39 is 0 Å². The van der Waals surface area contributed by atoms with Crippen LogP contribution in [0.2, 0.25) is 0 Å². The highest BCUT2D eigenvalue weighted by atomic mass is 35.5. The molecule has 6 rings (SSSR count). The third-order valence-corrected chi connectivity index (χ3v) is 7.83. The number of nitrogens with zero attached hydrogens (tertiary/aromatic N) is 6. The third kappa shape index (κ3) is 3.59. The summed E-state index contributed by atoms with van der Waals surface area (Å²) >= 11 is 0. The first-order valence-corrected chi connectivity index (χ1v) is 11.7. The maximum Gasteiger partial charge on any atom is 0.183 e. The topological polar surface area (TPSA) is 109 Å². The van der Waals surface area contributed by atoms with Crippen molar-refractivity contribution >= 4 is 40.9 Å². The number of anilines is 3. The molecule has 3 aliphatic heterocycles. The Morgan fingerprint density at radius 2 is 1.97 bits per heavy atom. The largest absolute Gasteiger partial charge is 0.376 e. The fourth-order valence-electron chi connectivity index (χ4n) is 5.61. The van der Waals surface area contributed by atoms with Crippen molar-refractivity contribution in [2.45, 2.75) is 51.2 Å². The fraction of sp³-hybridized carbons (Fsp3) is 0.565. The van der Waals surface area contributed by atoms with Crippen molar-refractivity contribution in [2.24, 2.45) is 11.1 Å². The van der Waals surface area contributed by atoms with Gasteiger partial charge < -0.3 is 20.3 Å². The number of ether oxygens (including phenoxy) is 1. The standard InChI is InChI=1S/C23H29FN8O.ClH/c1-13-3-6-32(16-9-15(24)10-26-18(13)16)22-19-21(29-30-22)28-17(11-27-19)31-7-4-23(5-8-31)12-33-14(2)20(23)25;/h9-11,13-14,20H,3-8,12,25H2,1-2H3,(H,28,29,30);1H/t13-,14+,20-;/m1./s1. The maximum absolute atomic E-state index is 14.0. The van der Waals surface area contributed by atoms with Crippen molar-refractivity contribution in [3.8, 4) is 0 Å². The Morgan fingerprint density at radius 3 is 2.71 bits per heavy atom. The van der Waals surface area contributed by atoms with Gasteiger partial charge in [-0.15, -0.1) is 12.4 Å². The molecule has 2 fully saturated rings. The summed E-state index contributed by atoms with van der Waals surface area (Å²) in [6, 6.07) is 1.61. The molecule has 0 aromatic carbocycles. The van der Waals surface area contributed by atoms with Crippen LogP contribution < -0.4 is 15.5 Å². The number of halogens is 2. The minimum absolute atomic E-state index is 0. The number of aromatic nitrogens is 5. The number of fused-ring (bicyclic) bond motifs is 2. The number of hydrogen-bond donors (Lipinski definition) is 2. The quantitative estimate of drug-likeness (QED) is 0.565. The van der Waals surface area contributed by atoms with Gasteiger partial charge in [-0.3, -0.25) is 10.1 Å². The van der Waals surface area contributed by atoms with Gasteiger partial charge in [0.25, 0.3) is 0 Å². The zero-order valence-corrected chi connectivity index (χ0v) is 20.2. The van der Waals surface area contributed by atoms with Crippen molar-refractivity contribution in [1.29, 1.82) is 0 Å². The van der Waals surface area contributed by atoms with E-state index in [9.17, 15) is 4.39 Å². The van der Waals surface area contributed by atoms with Crippen LogP contribution in [0.25, 0.3) is 11.2 Å². The molecule has 0 saturated carbocycles.